The average molecular weight is 342 g/mol. The third kappa shape index (κ3) is 5.16. The smallest absolute Gasteiger partial charge is 0.264 e. The van der Waals surface area contributed by atoms with Crippen molar-refractivity contribution < 1.29 is 14.3 Å². The zero-order valence-electron chi connectivity index (χ0n) is 11.9. The molecule has 0 aliphatic heterocycles. The number of rotatable bonds is 4. The number of halogens is 1. The average Bonchev–Trinajstić information content (AvgIpc) is 3.28. The van der Waals surface area contributed by atoms with Crippen LogP contribution in [0.3, 0.4) is 0 Å². The highest BCUT2D eigenvalue weighted by Gasteiger charge is 2.29. The van der Waals surface area contributed by atoms with Crippen molar-refractivity contribution in [2.45, 2.75) is 19.8 Å². The summed E-state index contributed by atoms with van der Waals surface area (Å²) in [4.78, 5) is 23.1. The van der Waals surface area contributed by atoms with Crippen molar-refractivity contribution in [2.75, 3.05) is 6.61 Å². The van der Waals surface area contributed by atoms with Crippen LogP contribution in [0.15, 0.2) is 18.2 Å². The molecule has 0 spiro atoms. The Labute approximate surface area is 138 Å². The molecule has 22 heavy (non-hydrogen) atoms. The molecule has 1 aromatic rings. The van der Waals surface area contributed by atoms with E-state index in [1.54, 1.807) is 18.2 Å². The van der Waals surface area contributed by atoms with Crippen LogP contribution in [0, 0.1) is 12.8 Å². The number of carbonyl (C=O) groups is 2. The van der Waals surface area contributed by atoms with Gasteiger partial charge in [0.05, 0.1) is 0 Å². The largest absolute Gasteiger partial charge is 0.483 e. The summed E-state index contributed by atoms with van der Waals surface area (Å²) >= 11 is 10.7. The third-order valence-corrected chi connectivity index (χ3v) is 3.44. The lowest BCUT2D eigenvalue weighted by Gasteiger charge is -2.12. The van der Waals surface area contributed by atoms with Gasteiger partial charge < -0.3 is 4.74 Å². The SMILES string of the molecule is Cc1cc(Cl)ccc1OCC(=O)NC(=S)NNC(=O)C1CC1. The molecule has 0 radical (unpaired) electrons. The van der Waals surface area contributed by atoms with Crippen LogP contribution in [0.25, 0.3) is 0 Å². The van der Waals surface area contributed by atoms with Gasteiger partial charge in [-0.25, -0.2) is 0 Å². The van der Waals surface area contributed by atoms with E-state index in [1.807, 2.05) is 6.92 Å². The fourth-order valence-electron chi connectivity index (χ4n) is 1.68. The first-order valence-corrected chi connectivity index (χ1v) is 7.53. The molecule has 0 unspecified atom stereocenters. The van der Waals surface area contributed by atoms with Crippen molar-refractivity contribution in [3.8, 4) is 5.75 Å². The number of thiocarbonyl (C=S) groups is 1. The summed E-state index contributed by atoms with van der Waals surface area (Å²) in [5.74, 6) is 0.0832. The van der Waals surface area contributed by atoms with Gasteiger partial charge >= 0.3 is 0 Å². The summed E-state index contributed by atoms with van der Waals surface area (Å²) in [6.07, 6.45) is 1.78. The van der Waals surface area contributed by atoms with Crippen molar-refractivity contribution in [1.82, 2.24) is 16.2 Å². The van der Waals surface area contributed by atoms with Gasteiger partial charge in [-0.15, -0.1) is 0 Å². The van der Waals surface area contributed by atoms with Crippen LogP contribution in [0.5, 0.6) is 5.75 Å². The Hall–Kier alpha value is -1.86. The summed E-state index contributed by atoms with van der Waals surface area (Å²) in [6.45, 7) is 1.64. The van der Waals surface area contributed by atoms with E-state index in [2.05, 4.69) is 16.2 Å². The van der Waals surface area contributed by atoms with Gasteiger partial charge in [-0.05, 0) is 55.7 Å². The number of hydrogen-bond acceptors (Lipinski definition) is 4. The molecule has 1 aromatic carbocycles. The molecule has 2 rings (SSSR count). The number of carbonyl (C=O) groups excluding carboxylic acids is 2. The second kappa shape index (κ2) is 7.42. The number of nitrogens with one attached hydrogen (secondary N) is 3. The molecule has 0 bridgehead atoms. The number of hydrazine groups is 1. The standard InChI is InChI=1S/C14H16ClN3O3S/c1-8-6-10(15)4-5-11(8)21-7-12(19)16-14(22)18-17-13(20)9-2-3-9/h4-6,9H,2-3,7H2,1H3,(H,17,20)(H2,16,18,19,22). The van der Waals surface area contributed by atoms with E-state index in [-0.39, 0.29) is 23.5 Å². The van der Waals surface area contributed by atoms with Gasteiger partial charge in [-0.1, -0.05) is 11.6 Å². The van der Waals surface area contributed by atoms with E-state index in [0.29, 0.717) is 10.8 Å². The van der Waals surface area contributed by atoms with Crippen molar-refractivity contribution in [3.63, 3.8) is 0 Å². The zero-order chi connectivity index (χ0) is 16.1. The van der Waals surface area contributed by atoms with Gasteiger partial charge in [0.15, 0.2) is 11.7 Å². The molecular formula is C14H16ClN3O3S. The highest BCUT2D eigenvalue weighted by molar-refractivity contribution is 7.80. The summed E-state index contributed by atoms with van der Waals surface area (Å²) in [5, 5.41) is 3.04. The van der Waals surface area contributed by atoms with E-state index >= 15 is 0 Å². The molecule has 2 amide bonds. The van der Waals surface area contributed by atoms with Crippen molar-refractivity contribution >= 4 is 40.7 Å². The van der Waals surface area contributed by atoms with Gasteiger partial charge in [0.1, 0.15) is 5.75 Å². The predicted molar refractivity (Wildman–Crippen MR) is 86.4 cm³/mol. The zero-order valence-corrected chi connectivity index (χ0v) is 13.5. The van der Waals surface area contributed by atoms with Crippen LogP contribution in [-0.4, -0.2) is 23.5 Å². The van der Waals surface area contributed by atoms with Crippen LogP contribution in [0.2, 0.25) is 5.02 Å². The molecule has 118 valence electrons. The van der Waals surface area contributed by atoms with E-state index in [4.69, 9.17) is 28.6 Å². The van der Waals surface area contributed by atoms with Gasteiger partial charge in [0.25, 0.3) is 5.91 Å². The lowest BCUT2D eigenvalue weighted by atomic mass is 10.2. The molecule has 0 atom stereocenters. The molecule has 0 heterocycles. The minimum Gasteiger partial charge on any atom is -0.483 e. The van der Waals surface area contributed by atoms with Crippen LogP contribution in [-0.2, 0) is 9.59 Å². The van der Waals surface area contributed by atoms with E-state index in [0.717, 1.165) is 18.4 Å². The van der Waals surface area contributed by atoms with Crippen molar-refractivity contribution in [1.29, 1.82) is 0 Å². The molecule has 0 saturated heterocycles. The molecular weight excluding hydrogens is 326 g/mol. The normalized spacial score (nSPS) is 13.2. The minimum atomic E-state index is -0.424. The Balaban J connectivity index is 1.70. The Kier molecular flexibility index (Phi) is 5.57. The number of benzene rings is 1. The van der Waals surface area contributed by atoms with E-state index in [1.165, 1.54) is 0 Å². The highest BCUT2D eigenvalue weighted by Crippen LogP contribution is 2.28. The van der Waals surface area contributed by atoms with Gasteiger partial charge in [0.2, 0.25) is 5.91 Å². The fraction of sp³-hybridized carbons (Fsp3) is 0.357. The third-order valence-electron chi connectivity index (χ3n) is 3.00. The maximum absolute atomic E-state index is 11.7. The Morgan fingerprint density at radius 3 is 2.73 bits per heavy atom. The molecule has 3 N–H and O–H groups in total. The van der Waals surface area contributed by atoms with Crippen LogP contribution >= 0.6 is 23.8 Å². The molecule has 1 fully saturated rings. The van der Waals surface area contributed by atoms with Gasteiger partial charge in [-0.2, -0.15) is 0 Å². The van der Waals surface area contributed by atoms with E-state index in [9.17, 15) is 9.59 Å². The maximum atomic E-state index is 11.7. The lowest BCUT2D eigenvalue weighted by Crippen LogP contribution is -2.49. The number of ether oxygens (including phenoxy) is 1. The Morgan fingerprint density at radius 2 is 2.09 bits per heavy atom. The second-order valence-corrected chi connectivity index (χ2v) is 5.81. The fourth-order valence-corrected chi connectivity index (χ4v) is 2.07. The summed E-state index contributed by atoms with van der Waals surface area (Å²) in [6, 6.07) is 5.12. The second-order valence-electron chi connectivity index (χ2n) is 4.96. The highest BCUT2D eigenvalue weighted by atomic mass is 35.5. The maximum Gasteiger partial charge on any atom is 0.264 e. The number of aryl methyl sites for hydroxylation is 1. The van der Waals surface area contributed by atoms with Gasteiger partial charge in [-0.3, -0.25) is 25.8 Å². The van der Waals surface area contributed by atoms with Crippen molar-refractivity contribution in [3.05, 3.63) is 28.8 Å². The molecule has 0 aromatic heterocycles. The molecule has 1 aliphatic carbocycles. The lowest BCUT2D eigenvalue weighted by molar-refractivity contribution is -0.123. The molecule has 8 heteroatoms. The Bertz CT molecular complexity index is 605. The van der Waals surface area contributed by atoms with Crippen LogP contribution < -0.4 is 20.9 Å². The van der Waals surface area contributed by atoms with E-state index < -0.39 is 5.91 Å². The molecule has 1 aliphatic rings. The summed E-state index contributed by atoms with van der Waals surface area (Å²) in [7, 11) is 0. The first kappa shape index (κ1) is 16.5. The number of amides is 2. The summed E-state index contributed by atoms with van der Waals surface area (Å²) in [5.41, 5.74) is 5.75. The quantitative estimate of drug-likeness (QED) is 0.571. The minimum absolute atomic E-state index is 0.0235. The first-order chi connectivity index (χ1) is 10.5. The summed E-state index contributed by atoms with van der Waals surface area (Å²) < 4.78 is 5.38. The number of hydrogen-bond donors (Lipinski definition) is 3. The van der Waals surface area contributed by atoms with Crippen molar-refractivity contribution in [2.24, 2.45) is 5.92 Å². The topological polar surface area (TPSA) is 79.5 Å². The monoisotopic (exact) mass is 341 g/mol. The molecule has 1 saturated carbocycles. The van der Waals surface area contributed by atoms with Crippen LogP contribution in [0.4, 0.5) is 0 Å². The molecule has 6 nitrogen and oxygen atoms in total. The van der Waals surface area contributed by atoms with Crippen LogP contribution in [0.1, 0.15) is 18.4 Å². The predicted octanol–water partition coefficient (Wildman–Crippen LogP) is 1.46. The Morgan fingerprint density at radius 1 is 1.36 bits per heavy atom. The first-order valence-electron chi connectivity index (χ1n) is 6.74. The van der Waals surface area contributed by atoms with Gasteiger partial charge in [0, 0.05) is 10.9 Å².